The van der Waals surface area contributed by atoms with Gasteiger partial charge in [0, 0.05) is 11.9 Å². The lowest BCUT2D eigenvalue weighted by Crippen LogP contribution is -2.12. The van der Waals surface area contributed by atoms with Crippen molar-refractivity contribution in [1.29, 1.82) is 0 Å². The van der Waals surface area contributed by atoms with Crippen LogP contribution in [0.3, 0.4) is 0 Å². The maximum Gasteiger partial charge on any atom is 0.327 e. The molecular formula is C16H11ClN4O2. The molecule has 1 N–H and O–H groups in total. The Morgan fingerprint density at radius 3 is 2.74 bits per heavy atom. The SMILES string of the molecule is Cc1nnc(N2c3ccc(Cl)cc3NC(=O)c3ccccc32)o1. The van der Waals surface area contributed by atoms with Gasteiger partial charge in [-0.25, -0.2) is 0 Å². The van der Waals surface area contributed by atoms with Gasteiger partial charge in [0.25, 0.3) is 5.91 Å². The van der Waals surface area contributed by atoms with Crippen molar-refractivity contribution in [2.45, 2.75) is 6.92 Å². The predicted octanol–water partition coefficient (Wildman–Crippen LogP) is 4.07. The molecule has 4 rings (SSSR count). The highest BCUT2D eigenvalue weighted by Gasteiger charge is 2.29. The topological polar surface area (TPSA) is 71.3 Å². The molecule has 0 unspecified atom stereocenters. The molecule has 23 heavy (non-hydrogen) atoms. The van der Waals surface area contributed by atoms with Crippen molar-refractivity contribution in [2.24, 2.45) is 0 Å². The Balaban J connectivity index is 2.03. The fourth-order valence-electron chi connectivity index (χ4n) is 2.57. The van der Waals surface area contributed by atoms with Gasteiger partial charge in [0.1, 0.15) is 0 Å². The first-order chi connectivity index (χ1) is 11.1. The number of anilines is 4. The molecule has 7 heteroatoms. The van der Waals surface area contributed by atoms with E-state index in [0.29, 0.717) is 33.5 Å². The number of nitrogens with zero attached hydrogens (tertiary/aromatic N) is 3. The maximum atomic E-state index is 12.5. The van der Waals surface area contributed by atoms with E-state index in [2.05, 4.69) is 15.5 Å². The molecule has 1 amide bonds. The van der Waals surface area contributed by atoms with E-state index in [1.807, 2.05) is 12.1 Å². The number of carbonyl (C=O) groups excluding carboxylic acids is 1. The monoisotopic (exact) mass is 326 g/mol. The first-order valence-corrected chi connectivity index (χ1v) is 7.31. The Morgan fingerprint density at radius 1 is 1.13 bits per heavy atom. The van der Waals surface area contributed by atoms with E-state index in [-0.39, 0.29) is 11.9 Å². The molecule has 6 nitrogen and oxygen atoms in total. The minimum atomic E-state index is -0.220. The number of para-hydroxylation sites is 1. The molecule has 114 valence electrons. The number of hydrogen-bond acceptors (Lipinski definition) is 5. The van der Waals surface area contributed by atoms with E-state index in [1.54, 1.807) is 42.2 Å². The molecule has 2 aromatic carbocycles. The summed E-state index contributed by atoms with van der Waals surface area (Å²) in [5, 5.41) is 11.4. The van der Waals surface area contributed by atoms with Crippen molar-refractivity contribution >= 4 is 40.6 Å². The van der Waals surface area contributed by atoms with Gasteiger partial charge in [-0.15, -0.1) is 5.10 Å². The van der Waals surface area contributed by atoms with E-state index < -0.39 is 0 Å². The van der Waals surface area contributed by atoms with E-state index in [1.165, 1.54) is 0 Å². The molecule has 0 spiro atoms. The number of nitrogens with one attached hydrogen (secondary N) is 1. The Morgan fingerprint density at radius 2 is 1.96 bits per heavy atom. The summed E-state index contributed by atoms with van der Waals surface area (Å²) in [6.07, 6.45) is 0. The number of aromatic nitrogens is 2. The molecule has 0 radical (unpaired) electrons. The minimum absolute atomic E-state index is 0.220. The average molecular weight is 327 g/mol. The molecular weight excluding hydrogens is 316 g/mol. The highest BCUT2D eigenvalue weighted by atomic mass is 35.5. The van der Waals surface area contributed by atoms with Crippen LogP contribution < -0.4 is 10.2 Å². The number of aryl methyl sites for hydroxylation is 1. The number of hydrogen-bond donors (Lipinski definition) is 1. The van der Waals surface area contributed by atoms with Gasteiger partial charge in [0.2, 0.25) is 5.89 Å². The first kappa shape index (κ1) is 13.8. The maximum absolute atomic E-state index is 12.5. The van der Waals surface area contributed by atoms with Gasteiger partial charge in [-0.3, -0.25) is 9.69 Å². The van der Waals surface area contributed by atoms with Crippen LogP contribution in [0.1, 0.15) is 16.2 Å². The lowest BCUT2D eigenvalue weighted by Gasteiger charge is -2.21. The van der Waals surface area contributed by atoms with Crippen molar-refractivity contribution in [2.75, 3.05) is 10.2 Å². The third-order valence-corrected chi connectivity index (χ3v) is 3.78. The number of benzene rings is 2. The quantitative estimate of drug-likeness (QED) is 0.730. The van der Waals surface area contributed by atoms with Gasteiger partial charge < -0.3 is 9.73 Å². The summed E-state index contributed by atoms with van der Waals surface area (Å²) in [7, 11) is 0. The van der Waals surface area contributed by atoms with Gasteiger partial charge in [-0.1, -0.05) is 28.8 Å². The summed E-state index contributed by atoms with van der Waals surface area (Å²) in [6.45, 7) is 1.71. The molecule has 1 aliphatic heterocycles. The second-order valence-electron chi connectivity index (χ2n) is 5.07. The van der Waals surface area contributed by atoms with Gasteiger partial charge in [-0.05, 0) is 30.3 Å². The summed E-state index contributed by atoms with van der Waals surface area (Å²) in [5.41, 5.74) is 2.45. The standard InChI is InChI=1S/C16H11ClN4O2/c1-9-19-20-16(23-9)21-13-5-3-2-4-11(13)15(22)18-12-8-10(17)6-7-14(12)21/h2-8H,1H3,(H,18,22). The summed E-state index contributed by atoms with van der Waals surface area (Å²) in [4.78, 5) is 14.3. The minimum Gasteiger partial charge on any atom is -0.408 e. The lowest BCUT2D eigenvalue weighted by molar-refractivity contribution is 0.102. The largest absolute Gasteiger partial charge is 0.408 e. The fraction of sp³-hybridized carbons (Fsp3) is 0.0625. The zero-order valence-corrected chi connectivity index (χ0v) is 12.8. The summed E-state index contributed by atoms with van der Waals surface area (Å²) in [6, 6.07) is 12.8. The zero-order valence-electron chi connectivity index (χ0n) is 12.1. The molecule has 2 heterocycles. The molecule has 0 fully saturated rings. The van der Waals surface area contributed by atoms with Crippen LogP contribution in [0.15, 0.2) is 46.9 Å². The molecule has 0 saturated carbocycles. The highest BCUT2D eigenvalue weighted by Crippen LogP contribution is 2.43. The van der Waals surface area contributed by atoms with Crippen LogP contribution in [0, 0.1) is 6.92 Å². The number of carbonyl (C=O) groups is 1. The third-order valence-electron chi connectivity index (χ3n) is 3.54. The Labute approximate surface area is 136 Å². The second kappa shape index (κ2) is 5.10. The van der Waals surface area contributed by atoms with Gasteiger partial charge in [0.05, 0.1) is 22.6 Å². The summed E-state index contributed by atoms with van der Waals surface area (Å²) >= 11 is 6.07. The Kier molecular flexibility index (Phi) is 3.06. The second-order valence-corrected chi connectivity index (χ2v) is 5.51. The van der Waals surface area contributed by atoms with E-state index in [9.17, 15) is 4.79 Å². The molecule has 1 aromatic heterocycles. The third kappa shape index (κ3) is 2.24. The van der Waals surface area contributed by atoms with Crippen molar-refractivity contribution in [3.63, 3.8) is 0 Å². The van der Waals surface area contributed by atoms with Crippen LogP contribution in [-0.4, -0.2) is 16.1 Å². The first-order valence-electron chi connectivity index (χ1n) is 6.93. The lowest BCUT2D eigenvalue weighted by atomic mass is 10.1. The van der Waals surface area contributed by atoms with Crippen molar-refractivity contribution in [1.82, 2.24) is 10.2 Å². The van der Waals surface area contributed by atoms with Crippen LogP contribution in [0.25, 0.3) is 0 Å². The molecule has 0 bridgehead atoms. The van der Waals surface area contributed by atoms with Crippen LogP contribution in [0.2, 0.25) is 5.02 Å². The van der Waals surface area contributed by atoms with Crippen molar-refractivity contribution in [3.8, 4) is 0 Å². The summed E-state index contributed by atoms with van der Waals surface area (Å²) < 4.78 is 5.59. The fourth-order valence-corrected chi connectivity index (χ4v) is 2.74. The van der Waals surface area contributed by atoms with Gasteiger partial charge in [-0.2, -0.15) is 0 Å². The van der Waals surface area contributed by atoms with E-state index >= 15 is 0 Å². The number of halogens is 1. The normalized spacial score (nSPS) is 13.1. The molecule has 3 aromatic rings. The van der Waals surface area contributed by atoms with E-state index in [4.69, 9.17) is 16.0 Å². The molecule has 1 aliphatic rings. The van der Waals surface area contributed by atoms with Crippen LogP contribution in [0.5, 0.6) is 0 Å². The average Bonchev–Trinajstić information content (AvgIpc) is 2.91. The van der Waals surface area contributed by atoms with Crippen LogP contribution in [0.4, 0.5) is 23.1 Å². The molecule has 0 atom stereocenters. The zero-order chi connectivity index (χ0) is 16.0. The van der Waals surface area contributed by atoms with Gasteiger partial charge in [0.15, 0.2) is 0 Å². The van der Waals surface area contributed by atoms with Crippen LogP contribution in [-0.2, 0) is 0 Å². The Hall–Kier alpha value is -2.86. The molecule has 0 aliphatic carbocycles. The van der Waals surface area contributed by atoms with Crippen molar-refractivity contribution < 1.29 is 9.21 Å². The smallest absolute Gasteiger partial charge is 0.327 e. The summed E-state index contributed by atoms with van der Waals surface area (Å²) in [5.74, 6) is 0.222. The van der Waals surface area contributed by atoms with Gasteiger partial charge >= 0.3 is 6.01 Å². The predicted molar refractivity (Wildman–Crippen MR) is 86.7 cm³/mol. The van der Waals surface area contributed by atoms with E-state index in [0.717, 1.165) is 0 Å². The molecule has 0 saturated heterocycles. The van der Waals surface area contributed by atoms with Crippen LogP contribution >= 0.6 is 11.6 Å². The number of fused-ring (bicyclic) bond motifs is 2. The highest BCUT2D eigenvalue weighted by molar-refractivity contribution is 6.31. The van der Waals surface area contributed by atoms with Crippen molar-refractivity contribution in [3.05, 3.63) is 58.9 Å². The Bertz CT molecular complexity index is 922. The number of rotatable bonds is 1. The number of amides is 1.